The average Bonchev–Trinajstić information content (AvgIpc) is 2.83. The summed E-state index contributed by atoms with van der Waals surface area (Å²) in [5.41, 5.74) is 0.845. The van der Waals surface area contributed by atoms with E-state index in [0.29, 0.717) is 18.2 Å². The van der Waals surface area contributed by atoms with E-state index in [-0.39, 0.29) is 18.3 Å². The molecule has 6 heteroatoms. The molecule has 104 valence electrons. The predicted octanol–water partition coefficient (Wildman–Crippen LogP) is 1.90. The minimum atomic E-state index is -0.123. The summed E-state index contributed by atoms with van der Waals surface area (Å²) in [7, 11) is 3.61. The topological polar surface area (TPSA) is 58.4 Å². The molecule has 0 radical (unpaired) electrons. The number of carbonyl (C=O) groups is 1. The van der Waals surface area contributed by atoms with E-state index in [0.717, 1.165) is 18.7 Å². The van der Waals surface area contributed by atoms with Gasteiger partial charge in [-0.1, -0.05) is 19.0 Å². The Labute approximate surface area is 114 Å². The van der Waals surface area contributed by atoms with Gasteiger partial charge in [-0.25, -0.2) is 0 Å². The molecule has 1 rings (SSSR count). The summed E-state index contributed by atoms with van der Waals surface area (Å²) in [6.07, 6.45) is 0.982. The van der Waals surface area contributed by atoms with E-state index in [9.17, 15) is 4.79 Å². The van der Waals surface area contributed by atoms with Gasteiger partial charge in [0.2, 0.25) is 5.76 Å². The molecule has 0 aliphatic rings. The van der Waals surface area contributed by atoms with Gasteiger partial charge in [0.05, 0.1) is 5.69 Å². The molecule has 18 heavy (non-hydrogen) atoms. The van der Waals surface area contributed by atoms with Crippen molar-refractivity contribution >= 4 is 18.3 Å². The van der Waals surface area contributed by atoms with Gasteiger partial charge >= 0.3 is 0 Å². The number of halogens is 1. The first-order valence-corrected chi connectivity index (χ1v) is 5.96. The third kappa shape index (κ3) is 4.31. The van der Waals surface area contributed by atoms with Crippen LogP contribution in [0.5, 0.6) is 0 Å². The lowest BCUT2D eigenvalue weighted by Crippen LogP contribution is -2.32. The van der Waals surface area contributed by atoms with Gasteiger partial charge in [-0.05, 0) is 13.5 Å². The van der Waals surface area contributed by atoms with Crippen molar-refractivity contribution in [3.8, 4) is 0 Å². The number of amides is 1. The molecule has 0 spiro atoms. The summed E-state index contributed by atoms with van der Waals surface area (Å²) in [4.78, 5) is 13.6. The SMILES string of the molecule is CCC(C)c1cc(C(=O)N(C)CCNC)on1.Cl. The van der Waals surface area contributed by atoms with E-state index in [4.69, 9.17) is 4.52 Å². The van der Waals surface area contributed by atoms with Gasteiger partial charge in [0.25, 0.3) is 5.91 Å². The Bertz CT molecular complexity index is 368. The molecule has 1 unspecified atom stereocenters. The summed E-state index contributed by atoms with van der Waals surface area (Å²) >= 11 is 0. The van der Waals surface area contributed by atoms with Gasteiger partial charge < -0.3 is 14.7 Å². The monoisotopic (exact) mass is 275 g/mol. The predicted molar refractivity (Wildman–Crippen MR) is 73.3 cm³/mol. The Balaban J connectivity index is 0.00000289. The minimum Gasteiger partial charge on any atom is -0.351 e. The fraction of sp³-hybridized carbons (Fsp3) is 0.667. The molecular formula is C12H22ClN3O2. The van der Waals surface area contributed by atoms with Crippen LogP contribution in [0.2, 0.25) is 0 Å². The summed E-state index contributed by atoms with van der Waals surface area (Å²) in [5.74, 6) is 0.518. The molecule has 0 saturated heterocycles. The Kier molecular flexibility index (Phi) is 7.62. The Morgan fingerprint density at radius 1 is 1.61 bits per heavy atom. The van der Waals surface area contributed by atoms with Gasteiger partial charge in [-0.15, -0.1) is 12.4 Å². The third-order valence-electron chi connectivity index (χ3n) is 2.90. The first-order chi connectivity index (χ1) is 8.10. The molecular weight excluding hydrogens is 254 g/mol. The maximum Gasteiger partial charge on any atom is 0.292 e. The van der Waals surface area contributed by atoms with Crippen molar-refractivity contribution in [3.05, 3.63) is 17.5 Å². The van der Waals surface area contributed by atoms with Crippen molar-refractivity contribution in [2.45, 2.75) is 26.2 Å². The molecule has 1 aromatic heterocycles. The lowest BCUT2D eigenvalue weighted by atomic mass is 10.1. The van der Waals surface area contributed by atoms with Gasteiger partial charge in [-0.3, -0.25) is 4.79 Å². The molecule has 1 atom stereocenters. The average molecular weight is 276 g/mol. The number of hydrogen-bond acceptors (Lipinski definition) is 4. The van der Waals surface area contributed by atoms with Crippen molar-refractivity contribution in [2.24, 2.45) is 0 Å². The molecule has 0 aliphatic carbocycles. The highest BCUT2D eigenvalue weighted by Crippen LogP contribution is 2.18. The highest BCUT2D eigenvalue weighted by Gasteiger charge is 2.18. The number of rotatable bonds is 6. The van der Waals surface area contributed by atoms with Gasteiger partial charge in [0, 0.05) is 32.1 Å². The summed E-state index contributed by atoms with van der Waals surface area (Å²) < 4.78 is 5.09. The van der Waals surface area contributed by atoms with Crippen molar-refractivity contribution in [1.29, 1.82) is 0 Å². The number of nitrogens with zero attached hydrogens (tertiary/aromatic N) is 2. The normalized spacial score (nSPS) is 11.8. The van der Waals surface area contributed by atoms with Gasteiger partial charge in [0.15, 0.2) is 0 Å². The van der Waals surface area contributed by atoms with Crippen LogP contribution in [0.25, 0.3) is 0 Å². The molecule has 0 aliphatic heterocycles. The number of aromatic nitrogens is 1. The third-order valence-corrected chi connectivity index (χ3v) is 2.90. The maximum absolute atomic E-state index is 11.9. The van der Waals surface area contributed by atoms with Crippen LogP contribution in [0.1, 0.15) is 42.4 Å². The zero-order chi connectivity index (χ0) is 12.8. The smallest absolute Gasteiger partial charge is 0.292 e. The molecule has 1 heterocycles. The number of likely N-dealkylation sites (N-methyl/N-ethyl adjacent to an activating group) is 2. The van der Waals surface area contributed by atoms with Crippen LogP contribution in [0.3, 0.4) is 0 Å². The van der Waals surface area contributed by atoms with Crippen LogP contribution in [0.4, 0.5) is 0 Å². The van der Waals surface area contributed by atoms with Gasteiger partial charge in [-0.2, -0.15) is 0 Å². The van der Waals surface area contributed by atoms with Gasteiger partial charge in [0.1, 0.15) is 0 Å². The largest absolute Gasteiger partial charge is 0.351 e. The number of hydrogen-bond donors (Lipinski definition) is 1. The zero-order valence-corrected chi connectivity index (χ0v) is 12.2. The molecule has 0 saturated carbocycles. The fourth-order valence-corrected chi connectivity index (χ4v) is 1.40. The summed E-state index contributed by atoms with van der Waals surface area (Å²) in [6, 6.07) is 1.74. The second kappa shape index (κ2) is 8.11. The first kappa shape index (κ1) is 16.9. The molecule has 0 bridgehead atoms. The van der Waals surface area contributed by atoms with Crippen molar-refractivity contribution in [3.63, 3.8) is 0 Å². The van der Waals surface area contributed by atoms with Crippen LogP contribution in [-0.4, -0.2) is 43.1 Å². The zero-order valence-electron chi connectivity index (χ0n) is 11.4. The molecule has 5 nitrogen and oxygen atoms in total. The van der Waals surface area contributed by atoms with E-state index in [1.807, 2.05) is 7.05 Å². The Morgan fingerprint density at radius 2 is 2.28 bits per heavy atom. The van der Waals surface area contributed by atoms with E-state index in [2.05, 4.69) is 24.3 Å². The quantitative estimate of drug-likeness (QED) is 0.861. The standard InChI is InChI=1S/C12H21N3O2.ClH/c1-5-9(2)10-8-11(17-14-10)12(16)15(4)7-6-13-3;/h8-9,13H,5-7H2,1-4H3;1H. The van der Waals surface area contributed by atoms with Crippen LogP contribution in [0.15, 0.2) is 10.6 Å². The lowest BCUT2D eigenvalue weighted by Gasteiger charge is -2.14. The second-order valence-corrected chi connectivity index (χ2v) is 4.26. The molecule has 1 aromatic rings. The highest BCUT2D eigenvalue weighted by atomic mass is 35.5. The highest BCUT2D eigenvalue weighted by molar-refractivity contribution is 5.91. The van der Waals surface area contributed by atoms with Crippen LogP contribution < -0.4 is 5.32 Å². The van der Waals surface area contributed by atoms with Crippen LogP contribution in [0, 0.1) is 0 Å². The van der Waals surface area contributed by atoms with Crippen molar-refractivity contribution < 1.29 is 9.32 Å². The number of nitrogens with one attached hydrogen (secondary N) is 1. The summed E-state index contributed by atoms with van der Waals surface area (Å²) in [5, 5.41) is 6.93. The minimum absolute atomic E-state index is 0. The summed E-state index contributed by atoms with van der Waals surface area (Å²) in [6.45, 7) is 5.56. The Morgan fingerprint density at radius 3 is 2.83 bits per heavy atom. The van der Waals surface area contributed by atoms with E-state index in [1.165, 1.54) is 0 Å². The van der Waals surface area contributed by atoms with Crippen LogP contribution in [-0.2, 0) is 0 Å². The maximum atomic E-state index is 11.9. The van der Waals surface area contributed by atoms with Crippen LogP contribution >= 0.6 is 12.4 Å². The van der Waals surface area contributed by atoms with E-state index in [1.54, 1.807) is 18.0 Å². The van der Waals surface area contributed by atoms with Crippen molar-refractivity contribution in [1.82, 2.24) is 15.4 Å². The molecule has 0 fully saturated rings. The fourth-order valence-electron chi connectivity index (χ4n) is 1.40. The van der Waals surface area contributed by atoms with Crippen molar-refractivity contribution in [2.75, 3.05) is 27.2 Å². The van der Waals surface area contributed by atoms with E-state index >= 15 is 0 Å². The molecule has 1 N–H and O–H groups in total. The Hall–Kier alpha value is -1.07. The second-order valence-electron chi connectivity index (χ2n) is 4.26. The molecule has 0 aromatic carbocycles. The van der Waals surface area contributed by atoms with E-state index < -0.39 is 0 Å². The number of carbonyl (C=O) groups excluding carboxylic acids is 1. The lowest BCUT2D eigenvalue weighted by molar-refractivity contribution is 0.0755. The first-order valence-electron chi connectivity index (χ1n) is 5.96. The molecule has 1 amide bonds.